The first-order chi connectivity index (χ1) is 7.36. The predicted octanol–water partition coefficient (Wildman–Crippen LogP) is 2.10. The van der Waals surface area contributed by atoms with Gasteiger partial charge in [-0.1, -0.05) is 18.7 Å². The lowest BCUT2D eigenvalue weighted by atomic mass is 9.93. The lowest BCUT2D eigenvalue weighted by molar-refractivity contribution is 0.301. The van der Waals surface area contributed by atoms with Gasteiger partial charge in [0.05, 0.1) is 0 Å². The largest absolute Gasteiger partial charge is 0.310 e. The fourth-order valence-corrected chi connectivity index (χ4v) is 2.34. The Morgan fingerprint density at radius 1 is 1.47 bits per heavy atom. The third-order valence-corrected chi connectivity index (χ3v) is 3.35. The van der Waals surface area contributed by atoms with Gasteiger partial charge in [-0.15, -0.1) is 0 Å². The van der Waals surface area contributed by atoms with Gasteiger partial charge in [0.2, 0.25) is 0 Å². The highest BCUT2D eigenvalue weighted by molar-refractivity contribution is 5.70. The second-order valence-corrected chi connectivity index (χ2v) is 4.30. The molecule has 76 valence electrons. The maximum absolute atomic E-state index is 4.24. The van der Waals surface area contributed by atoms with Crippen LogP contribution in [0.15, 0.2) is 31.1 Å². The molecular formula is C13H14N2. The number of nitrogens with zero attached hydrogens (tertiary/aromatic N) is 1. The van der Waals surface area contributed by atoms with Gasteiger partial charge in [0.25, 0.3) is 0 Å². The third kappa shape index (κ3) is 1.41. The minimum absolute atomic E-state index is 0.618. The summed E-state index contributed by atoms with van der Waals surface area (Å²) >= 11 is 0. The summed E-state index contributed by atoms with van der Waals surface area (Å²) in [6, 6.07) is 2.78. The summed E-state index contributed by atoms with van der Waals surface area (Å²) in [5, 5.41) is 3.42. The summed E-state index contributed by atoms with van der Waals surface area (Å²) in [6.45, 7) is 4.94. The molecule has 1 aromatic heterocycles. The van der Waals surface area contributed by atoms with Crippen LogP contribution in [0, 0.1) is 5.92 Å². The molecule has 1 fully saturated rings. The van der Waals surface area contributed by atoms with Crippen molar-refractivity contribution in [3.8, 4) is 0 Å². The van der Waals surface area contributed by atoms with E-state index in [4.69, 9.17) is 0 Å². The number of nitrogens with one attached hydrogen (secondary N) is 1. The van der Waals surface area contributed by atoms with Gasteiger partial charge in [-0.05, 0) is 35.1 Å². The Morgan fingerprint density at radius 2 is 2.40 bits per heavy atom. The Labute approximate surface area is 89.7 Å². The normalized spacial score (nSPS) is 27.9. The van der Waals surface area contributed by atoms with Gasteiger partial charge < -0.3 is 5.32 Å². The Hall–Kier alpha value is -1.41. The maximum atomic E-state index is 4.24. The Balaban J connectivity index is 1.92. The molecule has 1 N–H and O–H groups in total. The van der Waals surface area contributed by atoms with Gasteiger partial charge in [-0.3, -0.25) is 4.98 Å². The summed E-state index contributed by atoms with van der Waals surface area (Å²) in [7, 11) is 0. The van der Waals surface area contributed by atoms with Gasteiger partial charge >= 0.3 is 0 Å². The lowest BCUT2D eigenvalue weighted by Crippen LogP contribution is -2.49. The van der Waals surface area contributed by atoms with Gasteiger partial charge in [0, 0.05) is 25.0 Å². The second-order valence-electron chi connectivity index (χ2n) is 4.30. The summed E-state index contributed by atoms with van der Waals surface area (Å²) in [5.74, 6) is 0.826. The van der Waals surface area contributed by atoms with E-state index in [0.717, 1.165) is 11.5 Å². The van der Waals surface area contributed by atoms with Crippen molar-refractivity contribution >= 4 is 11.6 Å². The Bertz CT molecular complexity index is 434. The van der Waals surface area contributed by atoms with Crippen LogP contribution >= 0.6 is 0 Å². The highest BCUT2D eigenvalue weighted by Gasteiger charge is 2.34. The van der Waals surface area contributed by atoms with E-state index in [2.05, 4.69) is 29.0 Å². The Kier molecular flexibility index (Phi) is 1.96. The monoisotopic (exact) mass is 198 g/mol. The van der Waals surface area contributed by atoms with Crippen molar-refractivity contribution < 1.29 is 0 Å². The summed E-state index contributed by atoms with van der Waals surface area (Å²) < 4.78 is 0. The number of pyridine rings is 1. The minimum Gasteiger partial charge on any atom is -0.310 e. The van der Waals surface area contributed by atoms with E-state index in [1.54, 1.807) is 0 Å². The topological polar surface area (TPSA) is 24.9 Å². The molecule has 15 heavy (non-hydrogen) atoms. The molecule has 2 heteroatoms. The fraction of sp³-hybridized carbons (Fsp3) is 0.308. The van der Waals surface area contributed by atoms with Crippen molar-refractivity contribution in [2.45, 2.75) is 12.5 Å². The standard InChI is InChI=1S/C13H14N2/c1-2-9-3-11(7-14-6-9)10-4-12-8-15-13(12)5-10/h2-3,5-7,12-13,15H,1,4,8H2/t12-,13-/m1/s1. The summed E-state index contributed by atoms with van der Waals surface area (Å²) in [5.41, 5.74) is 3.79. The molecule has 0 saturated carbocycles. The molecule has 0 unspecified atom stereocenters. The molecule has 1 aromatic rings. The van der Waals surface area contributed by atoms with Crippen LogP contribution in [-0.4, -0.2) is 17.6 Å². The molecule has 2 nitrogen and oxygen atoms in total. The average molecular weight is 198 g/mol. The van der Waals surface area contributed by atoms with Crippen LogP contribution in [0.25, 0.3) is 11.6 Å². The van der Waals surface area contributed by atoms with E-state index in [9.17, 15) is 0 Å². The zero-order valence-electron chi connectivity index (χ0n) is 8.61. The second kappa shape index (κ2) is 3.31. The van der Waals surface area contributed by atoms with Crippen molar-refractivity contribution in [3.63, 3.8) is 0 Å². The Morgan fingerprint density at radius 3 is 3.00 bits per heavy atom. The predicted molar refractivity (Wildman–Crippen MR) is 62.2 cm³/mol. The molecule has 0 amide bonds. The molecule has 1 aliphatic heterocycles. The number of rotatable bonds is 2. The maximum Gasteiger partial charge on any atom is 0.0343 e. The van der Waals surface area contributed by atoms with Crippen LogP contribution in [0.4, 0.5) is 0 Å². The molecular weight excluding hydrogens is 184 g/mol. The highest BCUT2D eigenvalue weighted by atomic mass is 15.0. The minimum atomic E-state index is 0.618. The van der Waals surface area contributed by atoms with Crippen LogP contribution in [-0.2, 0) is 0 Å². The van der Waals surface area contributed by atoms with Gasteiger partial charge in [-0.2, -0.15) is 0 Å². The average Bonchev–Trinajstić information content (AvgIpc) is 2.55. The van der Waals surface area contributed by atoms with Crippen LogP contribution in [0.5, 0.6) is 0 Å². The van der Waals surface area contributed by atoms with Crippen molar-refractivity contribution in [1.29, 1.82) is 0 Å². The third-order valence-electron chi connectivity index (χ3n) is 3.35. The highest BCUT2D eigenvalue weighted by Crippen LogP contribution is 2.36. The SMILES string of the molecule is C=Cc1cncc(C2=C[C@H]3NC[C@H]3C2)c1. The lowest BCUT2D eigenvalue weighted by Gasteiger charge is -2.31. The van der Waals surface area contributed by atoms with Gasteiger partial charge in [0.1, 0.15) is 0 Å². The van der Waals surface area contributed by atoms with E-state index in [1.165, 1.54) is 24.1 Å². The van der Waals surface area contributed by atoms with Crippen molar-refractivity contribution in [2.24, 2.45) is 5.92 Å². The first-order valence-electron chi connectivity index (χ1n) is 5.39. The molecule has 1 aliphatic carbocycles. The number of hydrogen-bond acceptors (Lipinski definition) is 2. The van der Waals surface area contributed by atoms with E-state index in [0.29, 0.717) is 6.04 Å². The molecule has 1 saturated heterocycles. The first kappa shape index (κ1) is 8.86. The molecule has 2 heterocycles. The molecule has 0 radical (unpaired) electrons. The number of hydrogen-bond donors (Lipinski definition) is 1. The first-order valence-corrected chi connectivity index (χ1v) is 5.39. The zero-order chi connectivity index (χ0) is 10.3. The molecule has 0 bridgehead atoms. The van der Waals surface area contributed by atoms with Crippen LogP contribution in [0.2, 0.25) is 0 Å². The van der Waals surface area contributed by atoms with E-state index in [1.807, 2.05) is 18.5 Å². The van der Waals surface area contributed by atoms with E-state index < -0.39 is 0 Å². The van der Waals surface area contributed by atoms with Crippen molar-refractivity contribution in [3.05, 3.63) is 42.2 Å². The quantitative estimate of drug-likeness (QED) is 0.787. The molecule has 0 aromatic carbocycles. The van der Waals surface area contributed by atoms with Crippen LogP contribution in [0.1, 0.15) is 17.5 Å². The number of allylic oxidation sites excluding steroid dienone is 1. The molecule has 2 aliphatic rings. The molecule has 0 spiro atoms. The number of fused-ring (bicyclic) bond motifs is 1. The van der Waals surface area contributed by atoms with E-state index in [-0.39, 0.29) is 0 Å². The van der Waals surface area contributed by atoms with Crippen molar-refractivity contribution in [1.82, 2.24) is 10.3 Å². The number of aromatic nitrogens is 1. The van der Waals surface area contributed by atoms with Gasteiger partial charge in [-0.25, -0.2) is 0 Å². The smallest absolute Gasteiger partial charge is 0.0343 e. The fourth-order valence-electron chi connectivity index (χ4n) is 2.34. The zero-order valence-corrected chi connectivity index (χ0v) is 8.61. The van der Waals surface area contributed by atoms with Crippen molar-refractivity contribution in [2.75, 3.05) is 6.54 Å². The van der Waals surface area contributed by atoms with Crippen LogP contribution in [0.3, 0.4) is 0 Å². The van der Waals surface area contributed by atoms with Crippen LogP contribution < -0.4 is 5.32 Å². The van der Waals surface area contributed by atoms with Gasteiger partial charge in [0.15, 0.2) is 0 Å². The summed E-state index contributed by atoms with van der Waals surface area (Å²) in [4.78, 5) is 4.24. The molecule has 2 atom stereocenters. The molecule has 3 rings (SSSR count). The summed E-state index contributed by atoms with van der Waals surface area (Å²) in [6.07, 6.45) is 9.18. The van der Waals surface area contributed by atoms with E-state index >= 15 is 0 Å².